The lowest BCUT2D eigenvalue weighted by atomic mass is 10.0. The van der Waals surface area contributed by atoms with Gasteiger partial charge in [0.05, 0.1) is 17.1 Å². The normalized spacial score (nSPS) is 14.4. The van der Waals surface area contributed by atoms with Crippen LogP contribution in [0.4, 0.5) is 5.69 Å². The predicted molar refractivity (Wildman–Crippen MR) is 123 cm³/mol. The standard InChI is InChI=1S/C23H25BrN4O/c1-4-22-26-20-9-8-18(24)13-19(20)23(29)28(22)25-14-17-7-10-21(16(3)15(17)2)27-11-5-6-12-27/h7-10,13-14H,4-6,11-12H2,1-3H3. The smallest absolute Gasteiger partial charge is 0.282 e. The first-order chi connectivity index (χ1) is 14.0. The van der Waals surface area contributed by atoms with Gasteiger partial charge in [0.2, 0.25) is 0 Å². The summed E-state index contributed by atoms with van der Waals surface area (Å²) in [5.74, 6) is 0.657. The fraction of sp³-hybridized carbons (Fsp3) is 0.348. The zero-order chi connectivity index (χ0) is 20.5. The lowest BCUT2D eigenvalue weighted by molar-refractivity contribution is 0.734. The van der Waals surface area contributed by atoms with Crippen LogP contribution < -0.4 is 10.5 Å². The molecule has 2 aromatic carbocycles. The molecule has 1 aliphatic rings. The first-order valence-electron chi connectivity index (χ1n) is 10.1. The van der Waals surface area contributed by atoms with Crippen molar-refractivity contribution >= 4 is 38.7 Å². The maximum absolute atomic E-state index is 13.0. The second-order valence-electron chi connectivity index (χ2n) is 7.52. The van der Waals surface area contributed by atoms with E-state index in [1.807, 2.05) is 19.1 Å². The largest absolute Gasteiger partial charge is 0.371 e. The van der Waals surface area contributed by atoms with Gasteiger partial charge in [-0.05, 0) is 67.6 Å². The number of halogens is 1. The van der Waals surface area contributed by atoms with Crippen molar-refractivity contribution in [2.75, 3.05) is 18.0 Å². The van der Waals surface area contributed by atoms with Gasteiger partial charge in [-0.15, -0.1) is 0 Å². The van der Waals surface area contributed by atoms with Gasteiger partial charge in [0.25, 0.3) is 5.56 Å². The molecular weight excluding hydrogens is 428 g/mol. The maximum Gasteiger partial charge on any atom is 0.282 e. The summed E-state index contributed by atoms with van der Waals surface area (Å²) in [4.78, 5) is 20.1. The lowest BCUT2D eigenvalue weighted by Crippen LogP contribution is -2.22. The van der Waals surface area contributed by atoms with E-state index >= 15 is 0 Å². The van der Waals surface area contributed by atoms with Crippen LogP contribution in [0, 0.1) is 13.8 Å². The number of hydrogen-bond donors (Lipinski definition) is 0. The summed E-state index contributed by atoms with van der Waals surface area (Å²) in [5.41, 5.74) is 5.35. The third kappa shape index (κ3) is 3.73. The molecule has 1 aromatic heterocycles. The molecule has 4 rings (SSSR count). The lowest BCUT2D eigenvalue weighted by Gasteiger charge is -2.22. The first-order valence-corrected chi connectivity index (χ1v) is 10.9. The topological polar surface area (TPSA) is 50.5 Å². The van der Waals surface area contributed by atoms with Crippen molar-refractivity contribution in [1.29, 1.82) is 0 Å². The van der Waals surface area contributed by atoms with Crippen LogP contribution in [0.25, 0.3) is 10.9 Å². The highest BCUT2D eigenvalue weighted by atomic mass is 79.9. The number of anilines is 1. The average Bonchev–Trinajstić information content (AvgIpc) is 3.25. The third-order valence-electron chi connectivity index (χ3n) is 5.75. The molecule has 3 aromatic rings. The Kier molecular flexibility index (Phi) is 5.54. The van der Waals surface area contributed by atoms with Gasteiger partial charge in [-0.3, -0.25) is 4.79 Å². The van der Waals surface area contributed by atoms with Crippen LogP contribution in [-0.2, 0) is 6.42 Å². The molecule has 5 nitrogen and oxygen atoms in total. The molecule has 1 saturated heterocycles. The van der Waals surface area contributed by atoms with E-state index in [4.69, 9.17) is 0 Å². The summed E-state index contributed by atoms with van der Waals surface area (Å²) in [6.45, 7) is 8.52. The predicted octanol–water partition coefficient (Wildman–Crippen LogP) is 4.82. The number of rotatable bonds is 4. The minimum atomic E-state index is -0.146. The molecule has 0 amide bonds. The van der Waals surface area contributed by atoms with E-state index in [1.165, 1.54) is 34.3 Å². The van der Waals surface area contributed by atoms with Gasteiger partial charge >= 0.3 is 0 Å². The molecule has 0 radical (unpaired) electrons. The highest BCUT2D eigenvalue weighted by Crippen LogP contribution is 2.28. The molecule has 29 heavy (non-hydrogen) atoms. The minimum Gasteiger partial charge on any atom is -0.371 e. The Balaban J connectivity index is 1.76. The Morgan fingerprint density at radius 1 is 1.14 bits per heavy atom. The van der Waals surface area contributed by atoms with Gasteiger partial charge in [-0.25, -0.2) is 4.98 Å². The van der Waals surface area contributed by atoms with Crippen molar-refractivity contribution in [3.05, 3.63) is 67.7 Å². The van der Waals surface area contributed by atoms with Crippen molar-refractivity contribution in [3.63, 3.8) is 0 Å². The number of aromatic nitrogens is 2. The molecule has 0 N–H and O–H groups in total. The van der Waals surface area contributed by atoms with Crippen LogP contribution in [0.3, 0.4) is 0 Å². The zero-order valence-corrected chi connectivity index (χ0v) is 18.7. The van der Waals surface area contributed by atoms with Crippen molar-refractivity contribution in [1.82, 2.24) is 9.66 Å². The van der Waals surface area contributed by atoms with E-state index in [0.29, 0.717) is 23.1 Å². The highest BCUT2D eigenvalue weighted by molar-refractivity contribution is 9.10. The second-order valence-corrected chi connectivity index (χ2v) is 8.44. The molecule has 1 fully saturated rings. The number of hydrogen-bond acceptors (Lipinski definition) is 4. The van der Waals surface area contributed by atoms with Crippen LogP contribution in [0.5, 0.6) is 0 Å². The molecule has 2 heterocycles. The van der Waals surface area contributed by atoms with Crippen LogP contribution in [0.1, 0.15) is 42.3 Å². The van der Waals surface area contributed by atoms with Gasteiger partial charge in [-0.2, -0.15) is 9.78 Å². The van der Waals surface area contributed by atoms with Crippen LogP contribution in [-0.4, -0.2) is 29.0 Å². The van der Waals surface area contributed by atoms with E-state index in [2.05, 4.69) is 56.9 Å². The van der Waals surface area contributed by atoms with E-state index in [1.54, 1.807) is 12.3 Å². The van der Waals surface area contributed by atoms with Gasteiger partial charge in [0.15, 0.2) is 0 Å². The molecule has 6 heteroatoms. The minimum absolute atomic E-state index is 0.146. The quantitative estimate of drug-likeness (QED) is 0.533. The first kappa shape index (κ1) is 19.8. The molecule has 150 valence electrons. The molecule has 0 bridgehead atoms. The fourth-order valence-electron chi connectivity index (χ4n) is 3.93. The highest BCUT2D eigenvalue weighted by Gasteiger charge is 2.16. The van der Waals surface area contributed by atoms with Gasteiger partial charge in [-0.1, -0.05) is 28.9 Å². The molecule has 0 saturated carbocycles. The second kappa shape index (κ2) is 8.11. The number of aryl methyl sites for hydroxylation is 1. The van der Waals surface area contributed by atoms with Crippen LogP contribution >= 0.6 is 15.9 Å². The Morgan fingerprint density at radius 2 is 1.90 bits per heavy atom. The summed E-state index contributed by atoms with van der Waals surface area (Å²) in [6.07, 6.45) is 4.93. The third-order valence-corrected chi connectivity index (χ3v) is 6.24. The summed E-state index contributed by atoms with van der Waals surface area (Å²) in [6, 6.07) is 9.83. The van der Waals surface area contributed by atoms with Gasteiger partial charge in [0, 0.05) is 29.7 Å². The summed E-state index contributed by atoms with van der Waals surface area (Å²) in [7, 11) is 0. The zero-order valence-electron chi connectivity index (χ0n) is 17.1. The van der Waals surface area contributed by atoms with Crippen molar-refractivity contribution < 1.29 is 0 Å². The maximum atomic E-state index is 13.0. The van der Waals surface area contributed by atoms with Crippen molar-refractivity contribution in [3.8, 4) is 0 Å². The number of benzene rings is 2. The summed E-state index contributed by atoms with van der Waals surface area (Å²) in [5, 5.41) is 5.10. The Labute approximate surface area is 179 Å². The van der Waals surface area contributed by atoms with Crippen molar-refractivity contribution in [2.45, 2.75) is 40.0 Å². The molecule has 0 unspecified atom stereocenters. The molecule has 0 spiro atoms. The SMILES string of the molecule is CCc1nc2ccc(Br)cc2c(=O)n1N=Cc1ccc(N2CCCC2)c(C)c1C. The Morgan fingerprint density at radius 3 is 2.62 bits per heavy atom. The molecule has 0 aliphatic carbocycles. The van der Waals surface area contributed by atoms with Crippen LogP contribution in [0.2, 0.25) is 0 Å². The van der Waals surface area contributed by atoms with Crippen LogP contribution in [0.15, 0.2) is 44.7 Å². The number of nitrogens with zero attached hydrogens (tertiary/aromatic N) is 4. The molecule has 0 atom stereocenters. The van der Waals surface area contributed by atoms with E-state index in [9.17, 15) is 4.79 Å². The average molecular weight is 453 g/mol. The van der Waals surface area contributed by atoms with E-state index < -0.39 is 0 Å². The van der Waals surface area contributed by atoms with Crippen molar-refractivity contribution in [2.24, 2.45) is 5.10 Å². The van der Waals surface area contributed by atoms with E-state index in [-0.39, 0.29) is 5.56 Å². The van der Waals surface area contributed by atoms with Gasteiger partial charge < -0.3 is 4.90 Å². The fourth-order valence-corrected chi connectivity index (χ4v) is 4.29. The Bertz CT molecular complexity index is 1160. The molecular formula is C23H25BrN4O. The summed E-state index contributed by atoms with van der Waals surface area (Å²) >= 11 is 3.44. The molecule has 1 aliphatic heterocycles. The Hall–Kier alpha value is -2.47. The monoisotopic (exact) mass is 452 g/mol. The number of fused-ring (bicyclic) bond motifs is 1. The summed E-state index contributed by atoms with van der Waals surface area (Å²) < 4.78 is 2.28. The van der Waals surface area contributed by atoms with E-state index in [0.717, 1.165) is 23.1 Å². The van der Waals surface area contributed by atoms with Gasteiger partial charge in [0.1, 0.15) is 5.82 Å².